The van der Waals surface area contributed by atoms with Crippen LogP contribution in [0.3, 0.4) is 0 Å². The lowest BCUT2D eigenvalue weighted by molar-refractivity contribution is 0.117. The van der Waals surface area contributed by atoms with Crippen molar-refractivity contribution in [3.63, 3.8) is 0 Å². The van der Waals surface area contributed by atoms with Gasteiger partial charge in [-0.15, -0.1) is 0 Å². The molecule has 0 aromatic heterocycles. The van der Waals surface area contributed by atoms with E-state index in [0.29, 0.717) is 0 Å². The van der Waals surface area contributed by atoms with E-state index in [9.17, 15) is 0 Å². The average Bonchev–Trinajstić information content (AvgIpc) is 2.41. The maximum absolute atomic E-state index is 6.39. The third kappa shape index (κ3) is 4.30. The second-order valence-electron chi connectivity index (χ2n) is 6.46. The van der Waals surface area contributed by atoms with Crippen LogP contribution in [0.25, 0.3) is 0 Å². The third-order valence-corrected chi connectivity index (χ3v) is 4.13. The van der Waals surface area contributed by atoms with Crippen LogP contribution in [0.1, 0.15) is 31.0 Å². The Bertz CT molecular complexity index is 408. The van der Waals surface area contributed by atoms with E-state index >= 15 is 0 Å². The van der Waals surface area contributed by atoms with Crippen LogP contribution in [0.4, 0.5) is 0 Å². The third-order valence-electron chi connectivity index (χ3n) is 4.13. The molecule has 20 heavy (non-hydrogen) atoms. The SMILES string of the molecule is Cc1ccccc1C(N)CN1CCN(CC(C)C)CC1. The van der Waals surface area contributed by atoms with E-state index in [4.69, 9.17) is 5.73 Å². The van der Waals surface area contributed by atoms with Crippen molar-refractivity contribution in [3.05, 3.63) is 35.4 Å². The highest BCUT2D eigenvalue weighted by molar-refractivity contribution is 5.28. The zero-order chi connectivity index (χ0) is 14.5. The van der Waals surface area contributed by atoms with Gasteiger partial charge in [0.2, 0.25) is 0 Å². The normalized spacial score (nSPS) is 19.4. The zero-order valence-corrected chi connectivity index (χ0v) is 13.2. The first-order valence-electron chi connectivity index (χ1n) is 7.82. The summed E-state index contributed by atoms with van der Waals surface area (Å²) in [4.78, 5) is 5.08. The fourth-order valence-corrected chi connectivity index (χ4v) is 3.05. The Balaban J connectivity index is 1.82. The Morgan fingerprint density at radius 1 is 1.00 bits per heavy atom. The van der Waals surface area contributed by atoms with E-state index < -0.39 is 0 Å². The number of rotatable bonds is 5. The van der Waals surface area contributed by atoms with Crippen molar-refractivity contribution in [2.45, 2.75) is 26.8 Å². The Labute approximate surface area is 123 Å². The quantitative estimate of drug-likeness (QED) is 0.895. The van der Waals surface area contributed by atoms with Crippen LogP contribution in [0.15, 0.2) is 24.3 Å². The molecule has 1 aromatic rings. The van der Waals surface area contributed by atoms with Gasteiger partial charge in [0.1, 0.15) is 0 Å². The Morgan fingerprint density at radius 2 is 1.55 bits per heavy atom. The van der Waals surface area contributed by atoms with Gasteiger partial charge in [-0.05, 0) is 24.0 Å². The molecule has 0 saturated carbocycles. The number of benzene rings is 1. The van der Waals surface area contributed by atoms with Crippen molar-refractivity contribution in [1.82, 2.24) is 9.80 Å². The summed E-state index contributed by atoms with van der Waals surface area (Å²) in [5.41, 5.74) is 8.98. The molecule has 0 spiro atoms. The molecule has 0 radical (unpaired) electrons. The first-order chi connectivity index (χ1) is 9.56. The first-order valence-corrected chi connectivity index (χ1v) is 7.82. The van der Waals surface area contributed by atoms with E-state index in [-0.39, 0.29) is 6.04 Å². The summed E-state index contributed by atoms with van der Waals surface area (Å²) in [6.45, 7) is 13.6. The molecular formula is C17H29N3. The smallest absolute Gasteiger partial charge is 0.0426 e. The molecule has 1 aliphatic heterocycles. The largest absolute Gasteiger partial charge is 0.323 e. The highest BCUT2D eigenvalue weighted by Crippen LogP contribution is 2.17. The summed E-state index contributed by atoms with van der Waals surface area (Å²) in [6, 6.07) is 8.61. The van der Waals surface area contributed by atoms with Crippen molar-refractivity contribution < 1.29 is 0 Å². The molecule has 1 heterocycles. The Kier molecular flexibility index (Phi) is 5.58. The van der Waals surface area contributed by atoms with Crippen LogP contribution in [0, 0.1) is 12.8 Å². The molecule has 1 atom stereocenters. The van der Waals surface area contributed by atoms with Crippen LogP contribution in [0.2, 0.25) is 0 Å². The minimum absolute atomic E-state index is 0.132. The molecule has 1 aliphatic rings. The lowest BCUT2D eigenvalue weighted by Gasteiger charge is -2.36. The summed E-state index contributed by atoms with van der Waals surface area (Å²) in [5, 5.41) is 0. The zero-order valence-electron chi connectivity index (χ0n) is 13.2. The minimum atomic E-state index is 0.132. The summed E-state index contributed by atoms with van der Waals surface area (Å²) in [7, 11) is 0. The Hall–Kier alpha value is -0.900. The molecule has 1 saturated heterocycles. The lowest BCUT2D eigenvalue weighted by atomic mass is 10.0. The van der Waals surface area contributed by atoms with Gasteiger partial charge in [-0.1, -0.05) is 38.1 Å². The van der Waals surface area contributed by atoms with Gasteiger partial charge in [0.15, 0.2) is 0 Å². The molecule has 0 aliphatic carbocycles. The van der Waals surface area contributed by atoms with Crippen molar-refractivity contribution in [3.8, 4) is 0 Å². The molecule has 1 fully saturated rings. The molecule has 3 nitrogen and oxygen atoms in total. The minimum Gasteiger partial charge on any atom is -0.323 e. The second-order valence-corrected chi connectivity index (χ2v) is 6.46. The number of nitrogens with zero attached hydrogens (tertiary/aromatic N) is 2. The van der Waals surface area contributed by atoms with Gasteiger partial charge in [0.25, 0.3) is 0 Å². The van der Waals surface area contributed by atoms with Crippen LogP contribution in [-0.2, 0) is 0 Å². The van der Waals surface area contributed by atoms with E-state index in [2.05, 4.69) is 54.8 Å². The van der Waals surface area contributed by atoms with Gasteiger partial charge in [0, 0.05) is 45.3 Å². The Morgan fingerprint density at radius 3 is 2.10 bits per heavy atom. The number of aryl methyl sites for hydroxylation is 1. The number of piperazine rings is 1. The fraction of sp³-hybridized carbons (Fsp3) is 0.647. The standard InChI is InChI=1S/C17H29N3/c1-14(2)12-19-8-10-20(11-9-19)13-17(18)16-7-5-4-6-15(16)3/h4-7,14,17H,8-13,18H2,1-3H3. The van der Waals surface area contributed by atoms with Crippen molar-refractivity contribution in [2.24, 2.45) is 11.7 Å². The van der Waals surface area contributed by atoms with Crippen LogP contribution < -0.4 is 5.73 Å². The van der Waals surface area contributed by atoms with Gasteiger partial charge >= 0.3 is 0 Å². The van der Waals surface area contributed by atoms with E-state index in [0.717, 1.165) is 25.6 Å². The van der Waals surface area contributed by atoms with Crippen LogP contribution >= 0.6 is 0 Å². The molecule has 2 N–H and O–H groups in total. The highest BCUT2D eigenvalue weighted by Gasteiger charge is 2.20. The summed E-state index contributed by atoms with van der Waals surface area (Å²) in [6.07, 6.45) is 0. The summed E-state index contributed by atoms with van der Waals surface area (Å²) >= 11 is 0. The second kappa shape index (κ2) is 7.21. The van der Waals surface area contributed by atoms with Crippen molar-refractivity contribution in [1.29, 1.82) is 0 Å². The maximum Gasteiger partial charge on any atom is 0.0426 e. The molecule has 1 aromatic carbocycles. The van der Waals surface area contributed by atoms with E-state index in [1.165, 1.54) is 30.8 Å². The lowest BCUT2D eigenvalue weighted by Crippen LogP contribution is -2.49. The van der Waals surface area contributed by atoms with Crippen molar-refractivity contribution >= 4 is 0 Å². The molecule has 3 heteroatoms. The topological polar surface area (TPSA) is 32.5 Å². The maximum atomic E-state index is 6.39. The van der Waals surface area contributed by atoms with Gasteiger partial charge in [-0.3, -0.25) is 4.90 Å². The van der Waals surface area contributed by atoms with Gasteiger partial charge < -0.3 is 10.6 Å². The summed E-state index contributed by atoms with van der Waals surface area (Å²) in [5.74, 6) is 0.760. The summed E-state index contributed by atoms with van der Waals surface area (Å²) < 4.78 is 0. The highest BCUT2D eigenvalue weighted by atomic mass is 15.3. The van der Waals surface area contributed by atoms with E-state index in [1.54, 1.807) is 0 Å². The number of hydrogen-bond acceptors (Lipinski definition) is 3. The van der Waals surface area contributed by atoms with Gasteiger partial charge in [0.05, 0.1) is 0 Å². The van der Waals surface area contributed by atoms with E-state index in [1.807, 2.05) is 0 Å². The molecule has 112 valence electrons. The molecule has 0 amide bonds. The fourth-order valence-electron chi connectivity index (χ4n) is 3.05. The average molecular weight is 275 g/mol. The molecule has 0 bridgehead atoms. The number of nitrogens with two attached hydrogens (primary N) is 1. The van der Waals surface area contributed by atoms with Crippen molar-refractivity contribution in [2.75, 3.05) is 39.3 Å². The first kappa shape index (κ1) is 15.5. The van der Waals surface area contributed by atoms with Crippen LogP contribution in [0.5, 0.6) is 0 Å². The van der Waals surface area contributed by atoms with Gasteiger partial charge in [-0.25, -0.2) is 0 Å². The van der Waals surface area contributed by atoms with Gasteiger partial charge in [-0.2, -0.15) is 0 Å². The molecule has 1 unspecified atom stereocenters. The number of hydrogen-bond donors (Lipinski definition) is 1. The molecular weight excluding hydrogens is 246 g/mol. The monoisotopic (exact) mass is 275 g/mol. The van der Waals surface area contributed by atoms with Crippen LogP contribution in [-0.4, -0.2) is 49.1 Å². The predicted molar refractivity (Wildman–Crippen MR) is 85.8 cm³/mol. The predicted octanol–water partition coefficient (Wildman–Crippen LogP) is 2.27. The molecule has 2 rings (SSSR count).